The predicted octanol–water partition coefficient (Wildman–Crippen LogP) is 2.69. The second-order valence-electron chi connectivity index (χ2n) is 7.06. The number of aliphatic imine (C=N–C) groups is 1. The van der Waals surface area contributed by atoms with Crippen LogP contribution in [0.4, 0.5) is 0 Å². The fraction of sp³-hybridized carbons (Fsp3) is 0.682. The molecule has 1 fully saturated rings. The van der Waals surface area contributed by atoms with Crippen molar-refractivity contribution in [1.29, 1.82) is 0 Å². The van der Waals surface area contributed by atoms with Gasteiger partial charge in [0, 0.05) is 47.1 Å². The number of nitrogens with zero attached hydrogens (tertiary/aromatic N) is 2. The van der Waals surface area contributed by atoms with E-state index < -0.39 is 0 Å². The van der Waals surface area contributed by atoms with Crippen LogP contribution in [0.3, 0.4) is 0 Å². The van der Waals surface area contributed by atoms with Gasteiger partial charge in [-0.05, 0) is 43.9 Å². The predicted molar refractivity (Wildman–Crippen MR) is 116 cm³/mol. The molecule has 1 aromatic rings. The van der Waals surface area contributed by atoms with Gasteiger partial charge in [-0.2, -0.15) is 0 Å². The van der Waals surface area contributed by atoms with Gasteiger partial charge in [0.05, 0.1) is 19.3 Å². The number of rotatable bonds is 12. The Morgan fingerprint density at radius 2 is 1.76 bits per heavy atom. The van der Waals surface area contributed by atoms with Crippen LogP contribution in [0.2, 0.25) is 0 Å². The van der Waals surface area contributed by atoms with E-state index in [0.717, 1.165) is 69.4 Å². The number of hydrogen-bond acceptors (Lipinski definition) is 5. The molecule has 0 saturated carbocycles. The van der Waals surface area contributed by atoms with Crippen molar-refractivity contribution in [2.45, 2.75) is 38.8 Å². The topological polar surface area (TPSA) is 64.6 Å². The van der Waals surface area contributed by atoms with Crippen LogP contribution in [0.5, 0.6) is 5.75 Å². The first kappa shape index (κ1) is 23.4. The molecule has 0 unspecified atom stereocenters. The Morgan fingerprint density at radius 1 is 1.03 bits per heavy atom. The lowest BCUT2D eigenvalue weighted by Gasteiger charge is -2.34. The SMILES string of the molecule is CCNC(=NCc1ccc(OCCOC)cc1)N1CCC(OCCCOC)CC1. The molecular formula is C22H37N3O4. The molecule has 1 saturated heterocycles. The van der Waals surface area contributed by atoms with E-state index in [1.165, 1.54) is 0 Å². The number of guanidine groups is 1. The molecular weight excluding hydrogens is 370 g/mol. The van der Waals surface area contributed by atoms with Gasteiger partial charge in [-0.3, -0.25) is 0 Å². The molecule has 0 bridgehead atoms. The fourth-order valence-corrected chi connectivity index (χ4v) is 3.21. The minimum absolute atomic E-state index is 0.344. The first-order valence-electron chi connectivity index (χ1n) is 10.6. The lowest BCUT2D eigenvalue weighted by atomic mass is 10.1. The lowest BCUT2D eigenvalue weighted by Crippen LogP contribution is -2.47. The van der Waals surface area contributed by atoms with Crippen molar-refractivity contribution in [3.05, 3.63) is 29.8 Å². The van der Waals surface area contributed by atoms with E-state index in [2.05, 4.69) is 29.3 Å². The van der Waals surface area contributed by atoms with Crippen LogP contribution >= 0.6 is 0 Å². The lowest BCUT2D eigenvalue weighted by molar-refractivity contribution is 0.00990. The summed E-state index contributed by atoms with van der Waals surface area (Å²) in [7, 11) is 3.40. The molecule has 0 aromatic heterocycles. The van der Waals surface area contributed by atoms with Crippen LogP contribution in [-0.4, -0.2) is 77.2 Å². The van der Waals surface area contributed by atoms with E-state index in [1.54, 1.807) is 14.2 Å². The molecule has 1 aliphatic heterocycles. The van der Waals surface area contributed by atoms with Gasteiger partial charge < -0.3 is 29.2 Å². The maximum Gasteiger partial charge on any atom is 0.194 e. The van der Waals surface area contributed by atoms with Crippen molar-refractivity contribution in [2.75, 3.05) is 60.3 Å². The summed E-state index contributed by atoms with van der Waals surface area (Å²) in [5.74, 6) is 1.83. The largest absolute Gasteiger partial charge is 0.491 e. The Hall–Kier alpha value is -1.83. The zero-order valence-corrected chi connectivity index (χ0v) is 18.2. The van der Waals surface area contributed by atoms with Crippen LogP contribution in [0.15, 0.2) is 29.3 Å². The third kappa shape index (κ3) is 9.02. The minimum Gasteiger partial charge on any atom is -0.491 e. The third-order valence-corrected chi connectivity index (χ3v) is 4.81. The summed E-state index contributed by atoms with van der Waals surface area (Å²) in [5.41, 5.74) is 1.16. The highest BCUT2D eigenvalue weighted by Gasteiger charge is 2.21. The molecule has 0 amide bonds. The van der Waals surface area contributed by atoms with Crippen molar-refractivity contribution in [1.82, 2.24) is 10.2 Å². The van der Waals surface area contributed by atoms with E-state index in [-0.39, 0.29) is 0 Å². The summed E-state index contributed by atoms with van der Waals surface area (Å²) in [6.07, 6.45) is 3.36. The average molecular weight is 408 g/mol. The van der Waals surface area contributed by atoms with Gasteiger partial charge in [0.15, 0.2) is 5.96 Å². The van der Waals surface area contributed by atoms with Crippen molar-refractivity contribution in [3.8, 4) is 5.75 Å². The highest BCUT2D eigenvalue weighted by atomic mass is 16.5. The highest BCUT2D eigenvalue weighted by molar-refractivity contribution is 5.80. The highest BCUT2D eigenvalue weighted by Crippen LogP contribution is 2.16. The number of piperidine rings is 1. The molecule has 164 valence electrons. The Bertz CT molecular complexity index is 572. The Labute approximate surface area is 175 Å². The van der Waals surface area contributed by atoms with Gasteiger partial charge in [-0.15, -0.1) is 0 Å². The van der Waals surface area contributed by atoms with E-state index in [0.29, 0.717) is 25.9 Å². The molecule has 29 heavy (non-hydrogen) atoms. The molecule has 2 rings (SSSR count). The summed E-state index contributed by atoms with van der Waals surface area (Å²) < 4.78 is 21.6. The van der Waals surface area contributed by atoms with Gasteiger partial charge in [0.2, 0.25) is 0 Å². The first-order valence-corrected chi connectivity index (χ1v) is 10.6. The molecule has 0 atom stereocenters. The molecule has 1 heterocycles. The number of methoxy groups -OCH3 is 2. The number of likely N-dealkylation sites (tertiary alicyclic amines) is 1. The van der Waals surface area contributed by atoms with Gasteiger partial charge in [0.25, 0.3) is 0 Å². The standard InChI is InChI=1S/C22H37N3O4/c1-4-23-22(25-12-10-21(11-13-25)28-15-5-14-26-2)24-18-19-6-8-20(9-7-19)29-17-16-27-3/h6-9,21H,4-5,10-18H2,1-3H3,(H,23,24). The Morgan fingerprint density at radius 3 is 2.41 bits per heavy atom. The van der Waals surface area contributed by atoms with Gasteiger partial charge in [0.1, 0.15) is 12.4 Å². The van der Waals surface area contributed by atoms with Crippen molar-refractivity contribution in [3.63, 3.8) is 0 Å². The zero-order valence-electron chi connectivity index (χ0n) is 18.2. The number of ether oxygens (including phenoxy) is 4. The van der Waals surface area contributed by atoms with E-state index in [9.17, 15) is 0 Å². The van der Waals surface area contributed by atoms with Gasteiger partial charge in [-0.1, -0.05) is 12.1 Å². The first-order chi connectivity index (χ1) is 14.3. The number of benzene rings is 1. The minimum atomic E-state index is 0.344. The summed E-state index contributed by atoms with van der Waals surface area (Å²) in [4.78, 5) is 7.17. The summed E-state index contributed by atoms with van der Waals surface area (Å²) in [6, 6.07) is 8.10. The van der Waals surface area contributed by atoms with Crippen LogP contribution in [0.1, 0.15) is 31.7 Å². The summed E-state index contributed by atoms with van der Waals surface area (Å²) in [5, 5.41) is 3.42. The van der Waals surface area contributed by atoms with Gasteiger partial charge >= 0.3 is 0 Å². The monoisotopic (exact) mass is 407 g/mol. The smallest absolute Gasteiger partial charge is 0.194 e. The normalized spacial score (nSPS) is 15.6. The Kier molecular flexibility index (Phi) is 11.5. The van der Waals surface area contributed by atoms with E-state index in [1.807, 2.05) is 12.1 Å². The van der Waals surface area contributed by atoms with Crippen LogP contribution in [0, 0.1) is 0 Å². The molecule has 0 aliphatic carbocycles. The van der Waals surface area contributed by atoms with Crippen molar-refractivity contribution >= 4 is 5.96 Å². The molecule has 7 nitrogen and oxygen atoms in total. The van der Waals surface area contributed by atoms with Gasteiger partial charge in [-0.25, -0.2) is 4.99 Å². The number of hydrogen-bond donors (Lipinski definition) is 1. The van der Waals surface area contributed by atoms with Crippen molar-refractivity contribution < 1.29 is 18.9 Å². The quantitative estimate of drug-likeness (QED) is 0.327. The van der Waals surface area contributed by atoms with E-state index in [4.69, 9.17) is 23.9 Å². The van der Waals surface area contributed by atoms with E-state index >= 15 is 0 Å². The third-order valence-electron chi connectivity index (χ3n) is 4.81. The molecule has 0 spiro atoms. The summed E-state index contributed by atoms with van der Waals surface area (Å²) in [6.45, 7) is 8.23. The molecule has 1 aromatic carbocycles. The second kappa shape index (κ2) is 14.2. The fourth-order valence-electron chi connectivity index (χ4n) is 3.21. The number of nitrogens with one attached hydrogen (secondary N) is 1. The van der Waals surface area contributed by atoms with Crippen LogP contribution < -0.4 is 10.1 Å². The van der Waals surface area contributed by atoms with Crippen molar-refractivity contribution in [2.24, 2.45) is 4.99 Å². The maximum atomic E-state index is 5.96. The molecule has 0 radical (unpaired) electrons. The molecule has 7 heteroatoms. The van der Waals surface area contributed by atoms with Crippen LogP contribution in [-0.2, 0) is 20.8 Å². The summed E-state index contributed by atoms with van der Waals surface area (Å²) >= 11 is 0. The average Bonchev–Trinajstić information content (AvgIpc) is 2.76. The van der Waals surface area contributed by atoms with Crippen LogP contribution in [0.25, 0.3) is 0 Å². The zero-order chi connectivity index (χ0) is 20.7. The second-order valence-corrected chi connectivity index (χ2v) is 7.06. The molecule has 1 aliphatic rings. The maximum absolute atomic E-state index is 5.96. The molecule has 1 N–H and O–H groups in total. The Balaban J connectivity index is 1.80.